The number of carbonyl (C=O) groups is 1. The largest absolute Gasteiger partial charge is 0.370 e. The summed E-state index contributed by atoms with van der Waals surface area (Å²) in [5.74, 6) is 0.666. The molecular formula is C18H23N3O. The van der Waals surface area contributed by atoms with Gasteiger partial charge >= 0.3 is 0 Å². The highest BCUT2D eigenvalue weighted by Gasteiger charge is 2.06. The SMILES string of the molecule is CCCCNc1cc(C(=O)NCc2cccc(C)c2)ccn1. The molecule has 2 N–H and O–H groups in total. The van der Waals surface area contributed by atoms with Gasteiger partial charge in [0.25, 0.3) is 5.91 Å². The number of hydrogen-bond donors (Lipinski definition) is 2. The van der Waals surface area contributed by atoms with E-state index in [0.717, 1.165) is 30.8 Å². The molecule has 116 valence electrons. The third kappa shape index (κ3) is 4.88. The molecule has 0 saturated carbocycles. The predicted molar refractivity (Wildman–Crippen MR) is 90.0 cm³/mol. The molecule has 0 fully saturated rings. The molecule has 0 aliphatic heterocycles. The number of rotatable bonds is 7. The quantitative estimate of drug-likeness (QED) is 0.769. The van der Waals surface area contributed by atoms with Gasteiger partial charge in [-0.25, -0.2) is 4.98 Å². The van der Waals surface area contributed by atoms with E-state index in [1.54, 1.807) is 18.3 Å². The lowest BCUT2D eigenvalue weighted by Crippen LogP contribution is -2.23. The number of carbonyl (C=O) groups excluding carboxylic acids is 1. The zero-order chi connectivity index (χ0) is 15.8. The van der Waals surface area contributed by atoms with E-state index >= 15 is 0 Å². The molecule has 22 heavy (non-hydrogen) atoms. The van der Waals surface area contributed by atoms with Crippen molar-refractivity contribution in [2.45, 2.75) is 33.2 Å². The summed E-state index contributed by atoms with van der Waals surface area (Å²) < 4.78 is 0. The average Bonchev–Trinajstić information content (AvgIpc) is 2.53. The van der Waals surface area contributed by atoms with Crippen molar-refractivity contribution in [2.75, 3.05) is 11.9 Å². The van der Waals surface area contributed by atoms with Gasteiger partial charge in [0.05, 0.1) is 0 Å². The third-order valence-corrected chi connectivity index (χ3v) is 3.39. The molecule has 2 aromatic rings. The molecular weight excluding hydrogens is 274 g/mol. The molecule has 2 rings (SSSR count). The molecule has 0 aliphatic carbocycles. The number of hydrogen-bond acceptors (Lipinski definition) is 3. The van der Waals surface area contributed by atoms with Gasteiger partial charge < -0.3 is 10.6 Å². The molecule has 0 radical (unpaired) electrons. The Morgan fingerprint density at radius 2 is 2.09 bits per heavy atom. The van der Waals surface area contributed by atoms with Crippen LogP contribution in [0.3, 0.4) is 0 Å². The zero-order valence-corrected chi connectivity index (χ0v) is 13.2. The van der Waals surface area contributed by atoms with Crippen LogP contribution in [0.5, 0.6) is 0 Å². The Morgan fingerprint density at radius 1 is 1.23 bits per heavy atom. The highest BCUT2D eigenvalue weighted by atomic mass is 16.1. The van der Waals surface area contributed by atoms with Crippen molar-refractivity contribution in [2.24, 2.45) is 0 Å². The molecule has 1 heterocycles. The molecule has 4 heteroatoms. The second kappa shape index (κ2) is 8.17. The first kappa shape index (κ1) is 16.0. The Hall–Kier alpha value is -2.36. The first-order valence-corrected chi connectivity index (χ1v) is 7.72. The molecule has 0 saturated heterocycles. The van der Waals surface area contributed by atoms with Crippen molar-refractivity contribution >= 4 is 11.7 Å². The maximum absolute atomic E-state index is 12.2. The minimum Gasteiger partial charge on any atom is -0.370 e. The minimum absolute atomic E-state index is 0.0811. The maximum Gasteiger partial charge on any atom is 0.251 e. The fraction of sp³-hybridized carbons (Fsp3) is 0.333. The summed E-state index contributed by atoms with van der Waals surface area (Å²) in [5, 5.41) is 6.17. The van der Waals surface area contributed by atoms with E-state index in [2.05, 4.69) is 28.6 Å². The van der Waals surface area contributed by atoms with Crippen molar-refractivity contribution in [1.82, 2.24) is 10.3 Å². The fourth-order valence-electron chi connectivity index (χ4n) is 2.17. The van der Waals surface area contributed by atoms with Gasteiger partial charge in [0, 0.05) is 24.8 Å². The van der Waals surface area contributed by atoms with Gasteiger partial charge in [0.1, 0.15) is 5.82 Å². The number of nitrogens with one attached hydrogen (secondary N) is 2. The first-order chi connectivity index (χ1) is 10.7. The molecule has 0 unspecified atom stereocenters. The summed E-state index contributed by atoms with van der Waals surface area (Å²) in [6, 6.07) is 11.7. The van der Waals surface area contributed by atoms with Crippen LogP contribution in [0.4, 0.5) is 5.82 Å². The number of benzene rings is 1. The van der Waals surface area contributed by atoms with Crippen LogP contribution >= 0.6 is 0 Å². The van der Waals surface area contributed by atoms with E-state index in [4.69, 9.17) is 0 Å². The minimum atomic E-state index is -0.0811. The lowest BCUT2D eigenvalue weighted by Gasteiger charge is -2.08. The smallest absolute Gasteiger partial charge is 0.251 e. The van der Waals surface area contributed by atoms with Crippen molar-refractivity contribution in [3.8, 4) is 0 Å². The molecule has 1 aromatic heterocycles. The lowest BCUT2D eigenvalue weighted by atomic mass is 10.1. The topological polar surface area (TPSA) is 54.0 Å². The van der Waals surface area contributed by atoms with Gasteiger partial charge in [0.2, 0.25) is 0 Å². The van der Waals surface area contributed by atoms with Crippen LogP contribution < -0.4 is 10.6 Å². The van der Waals surface area contributed by atoms with Crippen LogP contribution in [-0.4, -0.2) is 17.4 Å². The van der Waals surface area contributed by atoms with Gasteiger partial charge in [-0.2, -0.15) is 0 Å². The molecule has 0 aliphatic rings. The van der Waals surface area contributed by atoms with Crippen LogP contribution in [0, 0.1) is 6.92 Å². The number of aromatic nitrogens is 1. The third-order valence-electron chi connectivity index (χ3n) is 3.39. The van der Waals surface area contributed by atoms with Gasteiger partial charge in [0.15, 0.2) is 0 Å². The maximum atomic E-state index is 12.2. The molecule has 1 amide bonds. The summed E-state index contributed by atoms with van der Waals surface area (Å²) in [4.78, 5) is 16.5. The Kier molecular flexibility index (Phi) is 5.95. The Labute approximate surface area is 132 Å². The Balaban J connectivity index is 1.93. The first-order valence-electron chi connectivity index (χ1n) is 7.72. The van der Waals surface area contributed by atoms with E-state index in [9.17, 15) is 4.79 Å². The second-order valence-corrected chi connectivity index (χ2v) is 5.38. The van der Waals surface area contributed by atoms with E-state index in [-0.39, 0.29) is 5.91 Å². The second-order valence-electron chi connectivity index (χ2n) is 5.38. The van der Waals surface area contributed by atoms with Crippen molar-refractivity contribution in [1.29, 1.82) is 0 Å². The van der Waals surface area contributed by atoms with Crippen LogP contribution in [0.25, 0.3) is 0 Å². The molecule has 1 aromatic carbocycles. The number of anilines is 1. The summed E-state index contributed by atoms with van der Waals surface area (Å²) >= 11 is 0. The van der Waals surface area contributed by atoms with Crippen LogP contribution in [0.2, 0.25) is 0 Å². The number of pyridine rings is 1. The molecule has 4 nitrogen and oxygen atoms in total. The summed E-state index contributed by atoms with van der Waals surface area (Å²) in [7, 11) is 0. The normalized spacial score (nSPS) is 10.3. The van der Waals surface area contributed by atoms with Crippen LogP contribution in [0.1, 0.15) is 41.3 Å². The Bertz CT molecular complexity index is 625. The molecule has 0 spiro atoms. The fourth-order valence-corrected chi connectivity index (χ4v) is 2.17. The van der Waals surface area contributed by atoms with E-state index in [1.807, 2.05) is 25.1 Å². The zero-order valence-electron chi connectivity index (χ0n) is 13.2. The average molecular weight is 297 g/mol. The molecule has 0 bridgehead atoms. The van der Waals surface area contributed by atoms with Gasteiger partial charge in [-0.15, -0.1) is 0 Å². The number of aryl methyl sites for hydroxylation is 1. The van der Waals surface area contributed by atoms with E-state index < -0.39 is 0 Å². The van der Waals surface area contributed by atoms with Crippen molar-refractivity contribution in [3.05, 3.63) is 59.3 Å². The standard InChI is InChI=1S/C18H23N3O/c1-3-4-9-19-17-12-16(8-10-20-17)18(22)21-13-15-7-5-6-14(2)11-15/h5-8,10-12H,3-4,9,13H2,1-2H3,(H,19,20)(H,21,22). The monoisotopic (exact) mass is 297 g/mol. The van der Waals surface area contributed by atoms with Crippen LogP contribution in [0.15, 0.2) is 42.6 Å². The van der Waals surface area contributed by atoms with E-state index in [1.165, 1.54) is 5.56 Å². The van der Waals surface area contributed by atoms with E-state index in [0.29, 0.717) is 12.1 Å². The Morgan fingerprint density at radius 3 is 2.86 bits per heavy atom. The van der Waals surface area contributed by atoms with Gasteiger partial charge in [-0.3, -0.25) is 4.79 Å². The highest BCUT2D eigenvalue weighted by Crippen LogP contribution is 2.08. The number of unbranched alkanes of at least 4 members (excludes halogenated alkanes) is 1. The van der Waals surface area contributed by atoms with Crippen LogP contribution in [-0.2, 0) is 6.54 Å². The highest BCUT2D eigenvalue weighted by molar-refractivity contribution is 5.94. The lowest BCUT2D eigenvalue weighted by molar-refractivity contribution is 0.0951. The van der Waals surface area contributed by atoms with Gasteiger partial charge in [-0.05, 0) is 31.0 Å². The number of amides is 1. The summed E-state index contributed by atoms with van der Waals surface area (Å²) in [6.07, 6.45) is 3.88. The molecule has 0 atom stereocenters. The van der Waals surface area contributed by atoms with Gasteiger partial charge in [-0.1, -0.05) is 43.2 Å². The van der Waals surface area contributed by atoms with Crippen molar-refractivity contribution < 1.29 is 4.79 Å². The summed E-state index contributed by atoms with van der Waals surface area (Å²) in [6.45, 7) is 5.59. The predicted octanol–water partition coefficient (Wildman–Crippen LogP) is 3.53. The number of nitrogens with zero attached hydrogens (tertiary/aromatic N) is 1. The van der Waals surface area contributed by atoms with Crippen molar-refractivity contribution in [3.63, 3.8) is 0 Å². The summed E-state index contributed by atoms with van der Waals surface area (Å²) in [5.41, 5.74) is 2.92.